The molecule has 0 amide bonds. The van der Waals surface area contributed by atoms with E-state index in [2.05, 4.69) is 34.6 Å². The molecule has 68 valence electrons. The Morgan fingerprint density at radius 3 is 1.55 bits per heavy atom. The summed E-state index contributed by atoms with van der Waals surface area (Å²) >= 11 is 0. The number of hydrogen-bond donors (Lipinski definition) is 1. The highest BCUT2D eigenvalue weighted by Gasteiger charge is 2.21. The quantitative estimate of drug-likeness (QED) is 0.667. The van der Waals surface area contributed by atoms with Gasteiger partial charge < -0.3 is 5.73 Å². The van der Waals surface area contributed by atoms with Crippen molar-refractivity contribution in [3.8, 4) is 0 Å². The van der Waals surface area contributed by atoms with E-state index in [1.165, 1.54) is 6.42 Å². The van der Waals surface area contributed by atoms with Crippen molar-refractivity contribution in [3.05, 3.63) is 0 Å². The molecule has 0 aliphatic rings. The zero-order valence-electron chi connectivity index (χ0n) is 8.59. The summed E-state index contributed by atoms with van der Waals surface area (Å²) in [4.78, 5) is 0. The Labute approximate surface area is 71.4 Å². The van der Waals surface area contributed by atoms with Gasteiger partial charge in [0, 0.05) is 6.04 Å². The van der Waals surface area contributed by atoms with Crippen LogP contribution in [0.25, 0.3) is 0 Å². The maximum absolute atomic E-state index is 6.07. The summed E-state index contributed by atoms with van der Waals surface area (Å²) in [5.74, 6) is 2.02. The van der Waals surface area contributed by atoms with Gasteiger partial charge in [-0.05, 0) is 17.8 Å². The van der Waals surface area contributed by atoms with Gasteiger partial charge in [-0.1, -0.05) is 41.0 Å². The van der Waals surface area contributed by atoms with Crippen LogP contribution in [0, 0.1) is 17.8 Å². The number of nitrogens with two attached hydrogens (primary N) is 1. The van der Waals surface area contributed by atoms with Gasteiger partial charge in [0.15, 0.2) is 0 Å². The first kappa shape index (κ1) is 11.0. The molecule has 0 spiro atoms. The second kappa shape index (κ2) is 4.76. The molecular formula is C10H23N. The van der Waals surface area contributed by atoms with E-state index >= 15 is 0 Å². The molecule has 0 bridgehead atoms. The van der Waals surface area contributed by atoms with Crippen molar-refractivity contribution >= 4 is 0 Å². The average Bonchev–Trinajstić information content (AvgIpc) is 1.88. The molecule has 1 heteroatoms. The first-order valence-corrected chi connectivity index (χ1v) is 4.76. The van der Waals surface area contributed by atoms with Gasteiger partial charge in [0.1, 0.15) is 0 Å². The summed E-state index contributed by atoms with van der Waals surface area (Å²) < 4.78 is 0. The molecule has 0 fully saturated rings. The van der Waals surface area contributed by atoms with Gasteiger partial charge in [0.2, 0.25) is 0 Å². The van der Waals surface area contributed by atoms with Crippen molar-refractivity contribution < 1.29 is 0 Å². The molecule has 0 radical (unpaired) electrons. The summed E-state index contributed by atoms with van der Waals surface area (Å²) in [6.07, 6.45) is 1.21. The molecule has 2 N–H and O–H groups in total. The minimum Gasteiger partial charge on any atom is -0.327 e. The molecule has 2 unspecified atom stereocenters. The molecule has 0 saturated carbocycles. The summed E-state index contributed by atoms with van der Waals surface area (Å²) in [6.45, 7) is 11.2. The SMILES string of the molecule is CCC(C(C)C)C(N)C(C)C. The summed E-state index contributed by atoms with van der Waals surface area (Å²) in [6, 6.07) is 0.375. The summed E-state index contributed by atoms with van der Waals surface area (Å²) in [5.41, 5.74) is 6.07. The standard InChI is InChI=1S/C10H23N/c1-6-9(7(2)3)10(11)8(4)5/h7-10H,6,11H2,1-5H3. The van der Waals surface area contributed by atoms with Gasteiger partial charge in [-0.2, -0.15) is 0 Å². The van der Waals surface area contributed by atoms with Crippen LogP contribution in [-0.2, 0) is 0 Å². The first-order valence-electron chi connectivity index (χ1n) is 4.76. The molecule has 0 aliphatic carbocycles. The Morgan fingerprint density at radius 1 is 1.00 bits per heavy atom. The van der Waals surface area contributed by atoms with Crippen molar-refractivity contribution in [3.63, 3.8) is 0 Å². The van der Waals surface area contributed by atoms with Gasteiger partial charge >= 0.3 is 0 Å². The van der Waals surface area contributed by atoms with Crippen LogP contribution < -0.4 is 5.73 Å². The predicted octanol–water partition coefficient (Wildman–Crippen LogP) is 2.65. The van der Waals surface area contributed by atoms with E-state index in [1.807, 2.05) is 0 Å². The van der Waals surface area contributed by atoms with Gasteiger partial charge in [0.05, 0.1) is 0 Å². The molecule has 2 atom stereocenters. The van der Waals surface area contributed by atoms with Crippen LogP contribution in [0.4, 0.5) is 0 Å². The third-order valence-electron chi connectivity index (χ3n) is 2.59. The summed E-state index contributed by atoms with van der Waals surface area (Å²) in [7, 11) is 0. The lowest BCUT2D eigenvalue weighted by Crippen LogP contribution is -2.37. The Morgan fingerprint density at radius 2 is 1.45 bits per heavy atom. The molecule has 11 heavy (non-hydrogen) atoms. The molecule has 0 aromatic heterocycles. The topological polar surface area (TPSA) is 26.0 Å². The lowest BCUT2D eigenvalue weighted by molar-refractivity contribution is 0.260. The van der Waals surface area contributed by atoms with Crippen molar-refractivity contribution in [2.45, 2.75) is 47.1 Å². The minimum atomic E-state index is 0.375. The van der Waals surface area contributed by atoms with Gasteiger partial charge in [-0.15, -0.1) is 0 Å². The van der Waals surface area contributed by atoms with Crippen molar-refractivity contribution in [1.82, 2.24) is 0 Å². The van der Waals surface area contributed by atoms with Crippen LogP contribution in [0.3, 0.4) is 0 Å². The molecule has 0 aromatic carbocycles. The van der Waals surface area contributed by atoms with E-state index in [4.69, 9.17) is 5.73 Å². The predicted molar refractivity (Wildman–Crippen MR) is 51.4 cm³/mol. The number of hydrogen-bond acceptors (Lipinski definition) is 1. The first-order chi connectivity index (χ1) is 5.00. The van der Waals surface area contributed by atoms with Crippen LogP contribution in [0.5, 0.6) is 0 Å². The molecule has 0 heterocycles. The Balaban J connectivity index is 4.02. The molecule has 0 aromatic rings. The highest BCUT2D eigenvalue weighted by Crippen LogP contribution is 2.21. The second-order valence-corrected chi connectivity index (χ2v) is 4.14. The minimum absolute atomic E-state index is 0.375. The molecule has 0 aliphatic heterocycles. The van der Waals surface area contributed by atoms with Crippen molar-refractivity contribution in [1.29, 1.82) is 0 Å². The van der Waals surface area contributed by atoms with Gasteiger partial charge in [0.25, 0.3) is 0 Å². The Hall–Kier alpha value is -0.0400. The fraction of sp³-hybridized carbons (Fsp3) is 1.00. The van der Waals surface area contributed by atoms with E-state index in [-0.39, 0.29) is 0 Å². The average molecular weight is 157 g/mol. The maximum atomic E-state index is 6.07. The Kier molecular flexibility index (Phi) is 4.74. The lowest BCUT2D eigenvalue weighted by Gasteiger charge is -2.28. The Bertz CT molecular complexity index is 97.0. The zero-order chi connectivity index (χ0) is 9.02. The molecule has 1 nitrogen and oxygen atoms in total. The van der Waals surface area contributed by atoms with Crippen LogP contribution in [0.1, 0.15) is 41.0 Å². The zero-order valence-corrected chi connectivity index (χ0v) is 8.59. The molecular weight excluding hydrogens is 134 g/mol. The van der Waals surface area contributed by atoms with E-state index in [9.17, 15) is 0 Å². The lowest BCUT2D eigenvalue weighted by atomic mass is 9.81. The second-order valence-electron chi connectivity index (χ2n) is 4.14. The third-order valence-corrected chi connectivity index (χ3v) is 2.59. The van der Waals surface area contributed by atoms with E-state index in [0.717, 1.165) is 5.92 Å². The highest BCUT2D eigenvalue weighted by atomic mass is 14.7. The van der Waals surface area contributed by atoms with Crippen LogP contribution in [-0.4, -0.2) is 6.04 Å². The van der Waals surface area contributed by atoms with Crippen LogP contribution in [0.2, 0.25) is 0 Å². The largest absolute Gasteiger partial charge is 0.327 e. The van der Waals surface area contributed by atoms with Gasteiger partial charge in [-0.25, -0.2) is 0 Å². The monoisotopic (exact) mass is 157 g/mol. The molecule has 0 rings (SSSR count). The third kappa shape index (κ3) is 3.24. The smallest absolute Gasteiger partial charge is 0.00927 e. The molecule has 0 saturated heterocycles. The fourth-order valence-corrected chi connectivity index (χ4v) is 1.68. The van der Waals surface area contributed by atoms with Gasteiger partial charge in [-0.3, -0.25) is 0 Å². The van der Waals surface area contributed by atoms with Crippen LogP contribution >= 0.6 is 0 Å². The van der Waals surface area contributed by atoms with E-state index < -0.39 is 0 Å². The number of rotatable bonds is 4. The van der Waals surface area contributed by atoms with Crippen molar-refractivity contribution in [2.75, 3.05) is 0 Å². The van der Waals surface area contributed by atoms with Crippen molar-refractivity contribution in [2.24, 2.45) is 23.5 Å². The van der Waals surface area contributed by atoms with E-state index in [0.29, 0.717) is 17.9 Å². The highest BCUT2D eigenvalue weighted by molar-refractivity contribution is 4.76. The maximum Gasteiger partial charge on any atom is 0.00927 e. The van der Waals surface area contributed by atoms with Crippen LogP contribution in [0.15, 0.2) is 0 Å². The summed E-state index contributed by atoms with van der Waals surface area (Å²) in [5, 5.41) is 0. The fourth-order valence-electron chi connectivity index (χ4n) is 1.68. The van der Waals surface area contributed by atoms with E-state index in [1.54, 1.807) is 0 Å². The normalized spacial score (nSPS) is 17.5.